The Morgan fingerprint density at radius 1 is 0.806 bits per heavy atom. The summed E-state index contributed by atoms with van der Waals surface area (Å²) in [6.07, 6.45) is 4.12. The van der Waals surface area contributed by atoms with Gasteiger partial charge >= 0.3 is 0 Å². The van der Waals surface area contributed by atoms with Crippen LogP contribution in [0.4, 0.5) is 0 Å². The van der Waals surface area contributed by atoms with E-state index in [1.54, 1.807) is 14.2 Å². The number of rotatable bonds is 6. The maximum Gasteiger partial charge on any atom is 0.137 e. The maximum atomic E-state index is 7.14. The standard InChI is InChI=1S/C29H25ClN4O2/c1-17-27(29(30)34(33-17)18-7-5-4-6-8-18)28(23-15-31-25-11-9-19(35-2)13-21(23)25)24-16-32-26-12-10-20(36-3)14-22(24)26/h4-16,28,31-32H,1-3H3. The van der Waals surface area contributed by atoms with Gasteiger partial charge in [-0.05, 0) is 66.6 Å². The van der Waals surface area contributed by atoms with Gasteiger partial charge in [0.25, 0.3) is 0 Å². The van der Waals surface area contributed by atoms with Crippen LogP contribution >= 0.6 is 11.6 Å². The van der Waals surface area contributed by atoms with Crippen LogP contribution in [0.1, 0.15) is 28.3 Å². The van der Waals surface area contributed by atoms with Crippen molar-refractivity contribution < 1.29 is 9.47 Å². The van der Waals surface area contributed by atoms with Gasteiger partial charge in [0, 0.05) is 45.7 Å². The van der Waals surface area contributed by atoms with Crippen LogP contribution in [0.15, 0.2) is 79.1 Å². The van der Waals surface area contributed by atoms with E-state index in [0.29, 0.717) is 5.15 Å². The highest BCUT2D eigenvalue weighted by molar-refractivity contribution is 6.31. The minimum absolute atomic E-state index is 0.198. The number of methoxy groups -OCH3 is 2. The second-order valence-electron chi connectivity index (χ2n) is 8.78. The summed E-state index contributed by atoms with van der Waals surface area (Å²) < 4.78 is 12.9. The van der Waals surface area contributed by atoms with Crippen molar-refractivity contribution in [1.29, 1.82) is 0 Å². The molecule has 0 aliphatic rings. The fourth-order valence-corrected chi connectivity index (χ4v) is 5.41. The molecule has 0 saturated heterocycles. The Balaban J connectivity index is 1.65. The number of H-pyrrole nitrogens is 2. The number of aromatic amines is 2. The third-order valence-corrected chi connectivity index (χ3v) is 7.16. The molecule has 0 atom stereocenters. The first-order valence-corrected chi connectivity index (χ1v) is 12.1. The van der Waals surface area contributed by atoms with E-state index < -0.39 is 0 Å². The summed E-state index contributed by atoms with van der Waals surface area (Å²) in [6.45, 7) is 2.01. The number of ether oxygens (including phenoxy) is 2. The van der Waals surface area contributed by atoms with Crippen molar-refractivity contribution in [2.24, 2.45) is 0 Å². The highest BCUT2D eigenvalue weighted by Crippen LogP contribution is 2.44. The van der Waals surface area contributed by atoms with E-state index in [1.807, 2.05) is 66.2 Å². The molecular formula is C29H25ClN4O2. The Morgan fingerprint density at radius 3 is 1.89 bits per heavy atom. The van der Waals surface area contributed by atoms with Crippen molar-refractivity contribution >= 4 is 33.4 Å². The molecule has 36 heavy (non-hydrogen) atoms. The fourth-order valence-electron chi connectivity index (χ4n) is 5.03. The van der Waals surface area contributed by atoms with Crippen molar-refractivity contribution in [3.05, 3.63) is 107 Å². The lowest BCUT2D eigenvalue weighted by atomic mass is 9.85. The second-order valence-corrected chi connectivity index (χ2v) is 9.14. The van der Waals surface area contributed by atoms with Crippen molar-refractivity contribution in [3.8, 4) is 17.2 Å². The van der Waals surface area contributed by atoms with Crippen LogP contribution in [-0.4, -0.2) is 34.0 Å². The fraction of sp³-hybridized carbons (Fsp3) is 0.138. The summed E-state index contributed by atoms with van der Waals surface area (Å²) in [7, 11) is 3.36. The van der Waals surface area contributed by atoms with E-state index >= 15 is 0 Å². The molecule has 0 radical (unpaired) electrons. The quantitative estimate of drug-likeness (QED) is 0.261. The zero-order valence-electron chi connectivity index (χ0n) is 20.2. The molecule has 0 aliphatic heterocycles. The zero-order chi connectivity index (χ0) is 24.8. The van der Waals surface area contributed by atoms with E-state index in [2.05, 4.69) is 34.5 Å². The molecule has 7 heteroatoms. The van der Waals surface area contributed by atoms with E-state index in [9.17, 15) is 0 Å². The lowest BCUT2D eigenvalue weighted by Crippen LogP contribution is -2.04. The number of nitrogens with one attached hydrogen (secondary N) is 2. The lowest BCUT2D eigenvalue weighted by molar-refractivity contribution is 0.415. The molecule has 3 aromatic carbocycles. The molecule has 0 spiro atoms. The average Bonchev–Trinajstić information content (AvgIpc) is 3.61. The predicted molar refractivity (Wildman–Crippen MR) is 144 cm³/mol. The normalized spacial score (nSPS) is 11.6. The van der Waals surface area contributed by atoms with E-state index in [1.165, 1.54) is 0 Å². The average molecular weight is 497 g/mol. The zero-order valence-corrected chi connectivity index (χ0v) is 20.9. The van der Waals surface area contributed by atoms with E-state index in [4.69, 9.17) is 26.2 Å². The molecule has 3 heterocycles. The van der Waals surface area contributed by atoms with Gasteiger partial charge in [-0.2, -0.15) is 5.10 Å². The molecule has 6 nitrogen and oxygen atoms in total. The van der Waals surface area contributed by atoms with Crippen LogP contribution in [0, 0.1) is 6.92 Å². The number of fused-ring (bicyclic) bond motifs is 2. The third kappa shape index (κ3) is 3.53. The van der Waals surface area contributed by atoms with Gasteiger partial charge in [0.05, 0.1) is 25.6 Å². The van der Waals surface area contributed by atoms with Crippen LogP contribution < -0.4 is 9.47 Å². The molecule has 180 valence electrons. The second kappa shape index (κ2) is 8.81. The van der Waals surface area contributed by atoms with Crippen LogP contribution in [0.25, 0.3) is 27.5 Å². The van der Waals surface area contributed by atoms with Gasteiger partial charge in [-0.25, -0.2) is 4.68 Å². The smallest absolute Gasteiger partial charge is 0.137 e. The molecule has 0 bridgehead atoms. The third-order valence-electron chi connectivity index (χ3n) is 6.80. The Bertz CT molecular complexity index is 1620. The predicted octanol–water partition coefficient (Wildman–Crippen LogP) is 6.99. The highest BCUT2D eigenvalue weighted by Gasteiger charge is 2.30. The Morgan fingerprint density at radius 2 is 1.36 bits per heavy atom. The number of benzene rings is 3. The molecule has 3 aromatic heterocycles. The molecule has 0 amide bonds. The Hall–Kier alpha value is -4.16. The molecule has 6 aromatic rings. The Labute approximate surface area is 213 Å². The summed E-state index contributed by atoms with van der Waals surface area (Å²) in [4.78, 5) is 6.88. The van der Waals surface area contributed by atoms with Gasteiger partial charge in [0.2, 0.25) is 0 Å². The van der Waals surface area contributed by atoms with Crippen molar-refractivity contribution in [3.63, 3.8) is 0 Å². The summed E-state index contributed by atoms with van der Waals surface area (Å²) >= 11 is 7.14. The van der Waals surface area contributed by atoms with Crippen molar-refractivity contribution in [1.82, 2.24) is 19.7 Å². The molecular weight excluding hydrogens is 472 g/mol. The molecule has 0 aliphatic carbocycles. The highest BCUT2D eigenvalue weighted by atomic mass is 35.5. The topological polar surface area (TPSA) is 67.9 Å². The summed E-state index contributed by atoms with van der Waals surface area (Å²) in [6, 6.07) is 22.1. The first kappa shape index (κ1) is 22.3. The van der Waals surface area contributed by atoms with Crippen LogP contribution in [0.5, 0.6) is 11.5 Å². The largest absolute Gasteiger partial charge is 0.497 e. The van der Waals surface area contributed by atoms with E-state index in [0.717, 1.165) is 61.4 Å². The summed E-state index contributed by atoms with van der Waals surface area (Å²) in [5.74, 6) is 1.40. The van der Waals surface area contributed by atoms with Gasteiger partial charge in [0.15, 0.2) is 0 Å². The number of halogens is 1. The van der Waals surface area contributed by atoms with Crippen LogP contribution in [0.2, 0.25) is 5.15 Å². The maximum absolute atomic E-state index is 7.14. The number of hydrogen-bond donors (Lipinski definition) is 2. The number of hydrogen-bond acceptors (Lipinski definition) is 3. The molecule has 0 unspecified atom stereocenters. The first-order valence-electron chi connectivity index (χ1n) is 11.7. The molecule has 0 fully saturated rings. The SMILES string of the molecule is COc1ccc2[nH]cc(C(c3c(C)nn(-c4ccccc4)c3Cl)c3c[nH]c4ccc(OC)cc34)c2c1. The summed E-state index contributed by atoms with van der Waals surface area (Å²) in [5.41, 5.74) is 6.96. The number of aryl methyl sites for hydroxylation is 1. The Kier molecular flexibility index (Phi) is 5.46. The van der Waals surface area contributed by atoms with Crippen LogP contribution in [-0.2, 0) is 0 Å². The van der Waals surface area contributed by atoms with Crippen molar-refractivity contribution in [2.75, 3.05) is 14.2 Å². The minimum atomic E-state index is -0.198. The molecule has 2 N–H and O–H groups in total. The van der Waals surface area contributed by atoms with Gasteiger partial charge in [-0.1, -0.05) is 29.8 Å². The number of para-hydroxylation sites is 1. The van der Waals surface area contributed by atoms with Gasteiger partial charge in [0.1, 0.15) is 16.7 Å². The lowest BCUT2D eigenvalue weighted by Gasteiger charge is -2.18. The monoisotopic (exact) mass is 496 g/mol. The van der Waals surface area contributed by atoms with Gasteiger partial charge in [-0.3, -0.25) is 0 Å². The number of nitrogens with zero attached hydrogens (tertiary/aromatic N) is 2. The first-order chi connectivity index (χ1) is 17.6. The molecule has 6 rings (SSSR count). The van der Waals surface area contributed by atoms with Gasteiger partial charge < -0.3 is 19.4 Å². The molecule has 0 saturated carbocycles. The van der Waals surface area contributed by atoms with Crippen LogP contribution in [0.3, 0.4) is 0 Å². The van der Waals surface area contributed by atoms with E-state index in [-0.39, 0.29) is 5.92 Å². The summed E-state index contributed by atoms with van der Waals surface area (Å²) in [5, 5.41) is 7.58. The minimum Gasteiger partial charge on any atom is -0.497 e. The van der Waals surface area contributed by atoms with Gasteiger partial charge in [-0.15, -0.1) is 0 Å². The van der Waals surface area contributed by atoms with Crippen molar-refractivity contribution in [2.45, 2.75) is 12.8 Å². The number of aromatic nitrogens is 4.